The summed E-state index contributed by atoms with van der Waals surface area (Å²) >= 11 is 1.32. The maximum atomic E-state index is 13.4. The van der Waals surface area contributed by atoms with Crippen molar-refractivity contribution in [3.63, 3.8) is 0 Å². The number of benzene rings is 2. The molecule has 28 heavy (non-hydrogen) atoms. The highest BCUT2D eigenvalue weighted by atomic mass is 32.1. The number of aryl methyl sites for hydroxylation is 1. The van der Waals surface area contributed by atoms with Crippen LogP contribution in [0.2, 0.25) is 0 Å². The number of rotatable bonds is 4. The Labute approximate surface area is 166 Å². The highest BCUT2D eigenvalue weighted by molar-refractivity contribution is 7.22. The van der Waals surface area contributed by atoms with Gasteiger partial charge in [0.15, 0.2) is 5.75 Å². The van der Waals surface area contributed by atoms with E-state index in [1.54, 1.807) is 16.5 Å². The minimum atomic E-state index is -0.169. The Bertz CT molecular complexity index is 1240. The highest BCUT2D eigenvalue weighted by Gasteiger charge is 2.27. The first-order valence-corrected chi connectivity index (χ1v) is 9.85. The zero-order valence-electron chi connectivity index (χ0n) is 15.9. The molecule has 0 fully saturated rings. The van der Waals surface area contributed by atoms with Gasteiger partial charge in [-0.25, -0.2) is 0 Å². The molecule has 6 heteroatoms. The molecular weight excluding hydrogens is 372 g/mol. The topological polar surface area (TPSA) is 51.5 Å². The minimum Gasteiger partial charge on any atom is -0.494 e. The standard InChI is InChI=1S/C22H20N2O3S/c1-4-24(14-10-6-5-7-11-14)22(26)20-18(27-3)17-19(28-20)15-12-8-9-13-16(15)23(2)21(17)25/h5-13H,4H2,1-3H3. The van der Waals surface area contributed by atoms with E-state index in [0.29, 0.717) is 22.6 Å². The number of nitrogens with zero attached hydrogens (tertiary/aromatic N) is 2. The van der Waals surface area contributed by atoms with Crippen LogP contribution in [0.4, 0.5) is 5.69 Å². The molecule has 4 rings (SSSR count). The van der Waals surface area contributed by atoms with E-state index in [9.17, 15) is 9.59 Å². The van der Waals surface area contributed by atoms with Crippen LogP contribution in [-0.2, 0) is 7.05 Å². The monoisotopic (exact) mass is 392 g/mol. The van der Waals surface area contributed by atoms with Crippen molar-refractivity contribution in [3.8, 4) is 5.75 Å². The van der Waals surface area contributed by atoms with Crippen molar-refractivity contribution in [2.75, 3.05) is 18.6 Å². The lowest BCUT2D eigenvalue weighted by Crippen LogP contribution is -2.30. The summed E-state index contributed by atoms with van der Waals surface area (Å²) in [5.41, 5.74) is 1.48. The van der Waals surface area contributed by atoms with Gasteiger partial charge in [0.05, 0.1) is 17.3 Å². The number of pyridine rings is 1. The van der Waals surface area contributed by atoms with Crippen molar-refractivity contribution < 1.29 is 9.53 Å². The second kappa shape index (κ2) is 7.13. The first-order chi connectivity index (χ1) is 13.6. The largest absolute Gasteiger partial charge is 0.494 e. The van der Waals surface area contributed by atoms with Crippen molar-refractivity contribution in [2.24, 2.45) is 7.05 Å². The molecule has 0 saturated carbocycles. The molecule has 142 valence electrons. The molecule has 0 aliphatic heterocycles. The molecule has 0 aliphatic carbocycles. The van der Waals surface area contributed by atoms with E-state index in [-0.39, 0.29) is 11.5 Å². The fourth-order valence-electron chi connectivity index (χ4n) is 3.54. The fraction of sp³-hybridized carbons (Fsp3) is 0.182. The number of carbonyl (C=O) groups excluding carboxylic acids is 1. The zero-order chi connectivity index (χ0) is 19.8. The van der Waals surface area contributed by atoms with Gasteiger partial charge in [-0.15, -0.1) is 11.3 Å². The van der Waals surface area contributed by atoms with Gasteiger partial charge in [0.1, 0.15) is 10.3 Å². The summed E-state index contributed by atoms with van der Waals surface area (Å²) in [6, 6.07) is 17.2. The van der Waals surface area contributed by atoms with E-state index in [4.69, 9.17) is 4.74 Å². The van der Waals surface area contributed by atoms with Crippen LogP contribution in [0, 0.1) is 0 Å². The first kappa shape index (κ1) is 18.3. The molecule has 0 N–H and O–H groups in total. The van der Waals surface area contributed by atoms with Gasteiger partial charge in [-0.1, -0.05) is 36.4 Å². The van der Waals surface area contributed by atoms with Crippen LogP contribution in [-0.4, -0.2) is 24.1 Å². The number of aromatic nitrogens is 1. The Balaban J connectivity index is 2.00. The van der Waals surface area contributed by atoms with Gasteiger partial charge in [0, 0.05) is 24.7 Å². The SMILES string of the molecule is CCN(C(=O)c1sc2c(c1OC)c(=O)n(C)c1ccccc21)c1ccccc1. The summed E-state index contributed by atoms with van der Waals surface area (Å²) in [6.07, 6.45) is 0. The number of methoxy groups -OCH3 is 1. The van der Waals surface area contributed by atoms with Crippen molar-refractivity contribution in [3.05, 3.63) is 69.8 Å². The lowest BCUT2D eigenvalue weighted by Gasteiger charge is -2.20. The molecule has 5 nitrogen and oxygen atoms in total. The number of para-hydroxylation sites is 2. The van der Waals surface area contributed by atoms with Crippen LogP contribution in [0.25, 0.3) is 21.0 Å². The number of carbonyl (C=O) groups is 1. The van der Waals surface area contributed by atoms with Gasteiger partial charge >= 0.3 is 0 Å². The van der Waals surface area contributed by atoms with Gasteiger partial charge in [-0.2, -0.15) is 0 Å². The van der Waals surface area contributed by atoms with Gasteiger partial charge < -0.3 is 14.2 Å². The molecule has 0 radical (unpaired) electrons. The summed E-state index contributed by atoms with van der Waals surface area (Å²) in [4.78, 5) is 28.6. The van der Waals surface area contributed by atoms with E-state index in [1.165, 1.54) is 18.4 Å². The number of amides is 1. The Morgan fingerprint density at radius 2 is 1.79 bits per heavy atom. The average molecular weight is 392 g/mol. The number of hydrogen-bond donors (Lipinski definition) is 0. The molecule has 2 aromatic carbocycles. The lowest BCUT2D eigenvalue weighted by molar-refractivity contribution is 0.0989. The van der Waals surface area contributed by atoms with E-state index in [2.05, 4.69) is 0 Å². The van der Waals surface area contributed by atoms with Crippen LogP contribution in [0.1, 0.15) is 16.6 Å². The van der Waals surface area contributed by atoms with Crippen LogP contribution in [0.15, 0.2) is 59.4 Å². The lowest BCUT2D eigenvalue weighted by atomic mass is 10.1. The van der Waals surface area contributed by atoms with E-state index in [0.717, 1.165) is 21.3 Å². The number of anilines is 1. The molecule has 0 unspecified atom stereocenters. The zero-order valence-corrected chi connectivity index (χ0v) is 16.7. The molecule has 0 spiro atoms. The summed E-state index contributed by atoms with van der Waals surface area (Å²) in [7, 11) is 3.25. The van der Waals surface area contributed by atoms with Crippen molar-refractivity contribution in [1.29, 1.82) is 0 Å². The Morgan fingerprint density at radius 1 is 1.11 bits per heavy atom. The van der Waals surface area contributed by atoms with E-state index >= 15 is 0 Å². The van der Waals surface area contributed by atoms with E-state index in [1.807, 2.05) is 61.5 Å². The molecule has 0 atom stereocenters. The molecule has 2 heterocycles. The second-order valence-electron chi connectivity index (χ2n) is 6.43. The van der Waals surface area contributed by atoms with Gasteiger partial charge in [0.2, 0.25) is 0 Å². The first-order valence-electron chi connectivity index (χ1n) is 9.03. The molecule has 0 aliphatic rings. The Morgan fingerprint density at radius 3 is 2.46 bits per heavy atom. The maximum Gasteiger partial charge on any atom is 0.272 e. The molecule has 0 saturated heterocycles. The van der Waals surface area contributed by atoms with Crippen molar-refractivity contribution in [2.45, 2.75) is 6.92 Å². The van der Waals surface area contributed by atoms with Crippen LogP contribution in [0.3, 0.4) is 0 Å². The number of thiophene rings is 1. The summed E-state index contributed by atoms with van der Waals surface area (Å²) < 4.78 is 7.97. The molecule has 2 aromatic heterocycles. The van der Waals surface area contributed by atoms with Gasteiger partial charge in [-0.05, 0) is 25.1 Å². The third kappa shape index (κ3) is 2.68. The summed E-state index contributed by atoms with van der Waals surface area (Å²) in [5, 5.41) is 1.39. The summed E-state index contributed by atoms with van der Waals surface area (Å²) in [5.74, 6) is 0.184. The van der Waals surface area contributed by atoms with Crippen LogP contribution < -0.4 is 15.2 Å². The third-order valence-electron chi connectivity index (χ3n) is 4.92. The predicted octanol–water partition coefficient (Wildman–Crippen LogP) is 4.43. The maximum absolute atomic E-state index is 13.4. The Hall–Kier alpha value is -3.12. The average Bonchev–Trinajstić information content (AvgIpc) is 3.13. The quantitative estimate of drug-likeness (QED) is 0.516. The minimum absolute atomic E-state index is 0.163. The molecule has 1 amide bonds. The predicted molar refractivity (Wildman–Crippen MR) is 115 cm³/mol. The number of ether oxygens (including phenoxy) is 1. The van der Waals surface area contributed by atoms with Crippen LogP contribution >= 0.6 is 11.3 Å². The van der Waals surface area contributed by atoms with Gasteiger partial charge in [0.25, 0.3) is 11.5 Å². The fourth-order valence-corrected chi connectivity index (χ4v) is 4.79. The third-order valence-corrected chi connectivity index (χ3v) is 6.11. The Kier molecular flexibility index (Phi) is 4.65. The molecular formula is C22H20N2O3S. The molecule has 0 bridgehead atoms. The second-order valence-corrected chi connectivity index (χ2v) is 7.46. The van der Waals surface area contributed by atoms with E-state index < -0.39 is 0 Å². The van der Waals surface area contributed by atoms with Gasteiger partial charge in [-0.3, -0.25) is 9.59 Å². The van der Waals surface area contributed by atoms with Crippen molar-refractivity contribution in [1.82, 2.24) is 4.57 Å². The van der Waals surface area contributed by atoms with Crippen molar-refractivity contribution >= 4 is 43.9 Å². The number of hydrogen-bond acceptors (Lipinski definition) is 4. The summed E-state index contributed by atoms with van der Waals surface area (Å²) in [6.45, 7) is 2.44. The normalized spacial score (nSPS) is 11.1. The molecule has 4 aromatic rings. The van der Waals surface area contributed by atoms with Crippen LogP contribution in [0.5, 0.6) is 5.75 Å². The number of fused-ring (bicyclic) bond motifs is 3. The smallest absolute Gasteiger partial charge is 0.272 e. The highest BCUT2D eigenvalue weighted by Crippen LogP contribution is 2.40.